The minimum Gasteiger partial charge on any atom is -0.324 e. The monoisotopic (exact) mass is 484 g/mol. The molecule has 4 heterocycles. The second-order valence-corrected chi connectivity index (χ2v) is 8.90. The number of allylic oxidation sites excluding steroid dienone is 1. The molecule has 4 aromatic rings. The van der Waals surface area contributed by atoms with Crippen LogP contribution in [0.3, 0.4) is 0 Å². The third-order valence-corrected chi connectivity index (χ3v) is 6.62. The maximum Gasteiger partial charge on any atom is 0.278 e. The van der Waals surface area contributed by atoms with E-state index in [1.54, 1.807) is 21.6 Å². The summed E-state index contributed by atoms with van der Waals surface area (Å²) in [6.45, 7) is 12.9. The third kappa shape index (κ3) is 4.67. The largest absolute Gasteiger partial charge is 0.324 e. The van der Waals surface area contributed by atoms with Crippen molar-refractivity contribution in [2.75, 3.05) is 25.0 Å². The van der Waals surface area contributed by atoms with Gasteiger partial charge in [-0.1, -0.05) is 32.1 Å². The van der Waals surface area contributed by atoms with Crippen molar-refractivity contribution >= 4 is 22.7 Å². The van der Waals surface area contributed by atoms with Crippen molar-refractivity contribution in [3.63, 3.8) is 0 Å². The van der Waals surface area contributed by atoms with E-state index in [0.717, 1.165) is 50.5 Å². The Labute approximate surface area is 210 Å². The molecular formula is C27H32N8O. The van der Waals surface area contributed by atoms with Gasteiger partial charge in [0.15, 0.2) is 11.5 Å². The second-order valence-electron chi connectivity index (χ2n) is 8.90. The Kier molecular flexibility index (Phi) is 6.92. The van der Waals surface area contributed by atoms with Gasteiger partial charge >= 0.3 is 0 Å². The van der Waals surface area contributed by atoms with Gasteiger partial charge in [-0.3, -0.25) is 9.69 Å². The van der Waals surface area contributed by atoms with Gasteiger partial charge in [0, 0.05) is 25.0 Å². The molecule has 1 aliphatic heterocycles. The second kappa shape index (κ2) is 10.4. The summed E-state index contributed by atoms with van der Waals surface area (Å²) < 4.78 is 3.37. The lowest BCUT2D eigenvalue weighted by Crippen LogP contribution is -2.24. The summed E-state index contributed by atoms with van der Waals surface area (Å²) in [5.41, 5.74) is 4.82. The van der Waals surface area contributed by atoms with Crippen molar-refractivity contribution in [3.05, 3.63) is 82.4 Å². The Balaban J connectivity index is 1.56. The van der Waals surface area contributed by atoms with Gasteiger partial charge in [0.2, 0.25) is 5.95 Å². The highest BCUT2D eigenvalue weighted by molar-refractivity contribution is 5.77. The molecule has 5 rings (SSSR count). The van der Waals surface area contributed by atoms with Gasteiger partial charge in [0.25, 0.3) is 5.56 Å². The van der Waals surface area contributed by atoms with Crippen LogP contribution in [0.2, 0.25) is 0 Å². The number of benzene rings is 1. The van der Waals surface area contributed by atoms with Crippen LogP contribution in [-0.2, 0) is 26.1 Å². The first-order chi connectivity index (χ1) is 17.6. The van der Waals surface area contributed by atoms with Crippen LogP contribution in [0.25, 0.3) is 16.9 Å². The molecule has 186 valence electrons. The summed E-state index contributed by atoms with van der Waals surface area (Å²) in [6, 6.07) is 12.2. The molecule has 0 amide bonds. The average molecular weight is 485 g/mol. The van der Waals surface area contributed by atoms with Crippen LogP contribution in [0.15, 0.2) is 60.0 Å². The van der Waals surface area contributed by atoms with Crippen molar-refractivity contribution in [1.29, 1.82) is 0 Å². The zero-order valence-corrected chi connectivity index (χ0v) is 20.9. The molecule has 9 nitrogen and oxygen atoms in total. The number of rotatable bonds is 9. The van der Waals surface area contributed by atoms with Gasteiger partial charge in [-0.2, -0.15) is 4.98 Å². The van der Waals surface area contributed by atoms with E-state index in [1.807, 2.05) is 24.3 Å². The van der Waals surface area contributed by atoms with Crippen LogP contribution >= 0.6 is 0 Å². The lowest BCUT2D eigenvalue weighted by atomic mass is 10.0. The summed E-state index contributed by atoms with van der Waals surface area (Å²) in [4.78, 5) is 29.6. The predicted molar refractivity (Wildman–Crippen MR) is 143 cm³/mol. The normalized spacial score (nSPS) is 13.2. The SMILES string of the molecule is C=CCn1c(=O)c2cnc(Nc3ccc4c(c3)CNCC4)nc2n1-c1cccc(CN(CC)CC)n1. The first-order valence-electron chi connectivity index (χ1n) is 12.5. The third-order valence-electron chi connectivity index (χ3n) is 6.62. The fraction of sp³-hybridized carbons (Fsp3) is 0.333. The molecule has 0 aliphatic carbocycles. The smallest absolute Gasteiger partial charge is 0.278 e. The van der Waals surface area contributed by atoms with E-state index in [0.29, 0.717) is 29.3 Å². The molecular weight excluding hydrogens is 452 g/mol. The van der Waals surface area contributed by atoms with Crippen LogP contribution in [0.5, 0.6) is 0 Å². The highest BCUT2D eigenvalue weighted by Crippen LogP contribution is 2.22. The summed E-state index contributed by atoms with van der Waals surface area (Å²) in [5.74, 6) is 1.06. The quantitative estimate of drug-likeness (QED) is 0.352. The van der Waals surface area contributed by atoms with Gasteiger partial charge < -0.3 is 10.6 Å². The molecule has 0 bridgehead atoms. The lowest BCUT2D eigenvalue weighted by molar-refractivity contribution is 0.292. The Morgan fingerprint density at radius 1 is 1.17 bits per heavy atom. The molecule has 1 aromatic carbocycles. The Morgan fingerprint density at radius 2 is 2.03 bits per heavy atom. The maximum absolute atomic E-state index is 13.2. The molecule has 0 fully saturated rings. The maximum atomic E-state index is 13.2. The van der Waals surface area contributed by atoms with Crippen molar-refractivity contribution in [3.8, 4) is 5.82 Å². The van der Waals surface area contributed by atoms with Crippen LogP contribution < -0.4 is 16.2 Å². The number of hydrogen-bond donors (Lipinski definition) is 2. The molecule has 0 atom stereocenters. The van der Waals surface area contributed by atoms with Gasteiger partial charge in [-0.05, 0) is 61.4 Å². The van der Waals surface area contributed by atoms with Gasteiger partial charge in [0.1, 0.15) is 5.39 Å². The number of nitrogens with one attached hydrogen (secondary N) is 2. The van der Waals surface area contributed by atoms with Crippen LogP contribution in [0.1, 0.15) is 30.7 Å². The fourth-order valence-electron chi connectivity index (χ4n) is 4.65. The Bertz CT molecular complexity index is 1450. The number of hydrogen-bond acceptors (Lipinski definition) is 7. The molecule has 0 radical (unpaired) electrons. The highest BCUT2D eigenvalue weighted by atomic mass is 16.1. The molecule has 0 unspecified atom stereocenters. The molecule has 36 heavy (non-hydrogen) atoms. The van der Waals surface area contributed by atoms with Crippen LogP contribution in [0.4, 0.5) is 11.6 Å². The van der Waals surface area contributed by atoms with E-state index >= 15 is 0 Å². The Morgan fingerprint density at radius 3 is 2.83 bits per heavy atom. The van der Waals surface area contributed by atoms with Gasteiger partial charge in [0.05, 0.1) is 12.2 Å². The van der Waals surface area contributed by atoms with E-state index in [9.17, 15) is 4.79 Å². The highest BCUT2D eigenvalue weighted by Gasteiger charge is 2.18. The molecule has 0 spiro atoms. The summed E-state index contributed by atoms with van der Waals surface area (Å²) in [5, 5.41) is 7.16. The minimum absolute atomic E-state index is 0.174. The van der Waals surface area contributed by atoms with Crippen molar-refractivity contribution in [2.45, 2.75) is 39.9 Å². The first kappa shape index (κ1) is 23.9. The van der Waals surface area contributed by atoms with E-state index < -0.39 is 0 Å². The van der Waals surface area contributed by atoms with E-state index in [4.69, 9.17) is 9.97 Å². The number of pyridine rings is 1. The number of fused-ring (bicyclic) bond motifs is 2. The summed E-state index contributed by atoms with van der Waals surface area (Å²) in [6.07, 6.45) is 4.31. The average Bonchev–Trinajstić information content (AvgIpc) is 3.18. The molecule has 0 saturated heterocycles. The van der Waals surface area contributed by atoms with Gasteiger partial charge in [-0.15, -0.1) is 6.58 Å². The first-order valence-corrected chi connectivity index (χ1v) is 12.5. The molecule has 9 heteroatoms. The van der Waals surface area contributed by atoms with Gasteiger partial charge in [-0.25, -0.2) is 19.3 Å². The molecule has 1 aliphatic rings. The molecule has 3 aromatic heterocycles. The number of anilines is 2. The van der Waals surface area contributed by atoms with Crippen molar-refractivity contribution in [2.24, 2.45) is 0 Å². The minimum atomic E-state index is -0.174. The summed E-state index contributed by atoms with van der Waals surface area (Å²) in [7, 11) is 0. The number of aromatic nitrogens is 5. The van der Waals surface area contributed by atoms with Crippen LogP contribution in [-0.4, -0.2) is 48.8 Å². The van der Waals surface area contributed by atoms with Crippen molar-refractivity contribution < 1.29 is 0 Å². The van der Waals surface area contributed by atoms with E-state index in [-0.39, 0.29) is 5.56 Å². The zero-order valence-electron chi connectivity index (χ0n) is 20.9. The molecule has 0 saturated carbocycles. The van der Waals surface area contributed by atoms with Crippen molar-refractivity contribution in [1.82, 2.24) is 34.5 Å². The van der Waals surface area contributed by atoms with E-state index in [2.05, 4.69) is 53.1 Å². The van der Waals surface area contributed by atoms with E-state index in [1.165, 1.54) is 11.1 Å². The zero-order chi connectivity index (χ0) is 25.1. The standard InChI is InChI=1S/C27H32N8O/c1-4-14-34-26(36)23-17-29-27(31-21-11-10-19-12-13-28-16-20(19)15-21)32-25(23)35(34)24-9-7-8-22(30-24)18-33(5-2)6-3/h4,7-11,15,17,28H,1,5-6,12-14,16,18H2,2-3H3,(H,29,31,32). The fourth-order valence-corrected chi connectivity index (χ4v) is 4.65. The predicted octanol–water partition coefficient (Wildman–Crippen LogP) is 3.39. The lowest BCUT2D eigenvalue weighted by Gasteiger charge is -2.18. The Hall–Kier alpha value is -3.82. The topological polar surface area (TPSA) is 92.9 Å². The number of nitrogens with zero attached hydrogens (tertiary/aromatic N) is 6. The summed E-state index contributed by atoms with van der Waals surface area (Å²) >= 11 is 0. The van der Waals surface area contributed by atoms with Crippen LogP contribution in [0, 0.1) is 0 Å². The molecule has 2 N–H and O–H groups in total.